The molecular formula is C13H18N4O. The van der Waals surface area contributed by atoms with Gasteiger partial charge in [0, 0.05) is 24.2 Å². The van der Waals surface area contributed by atoms with Crippen molar-refractivity contribution in [2.24, 2.45) is 0 Å². The van der Waals surface area contributed by atoms with Gasteiger partial charge in [-0.2, -0.15) is 0 Å². The molecule has 1 heterocycles. The highest BCUT2D eigenvalue weighted by atomic mass is 16.3. The SMILES string of the molecule is CCCN(CCO)c1ncnc2cc(N)ccc12. The Balaban J connectivity index is 2.48. The molecule has 96 valence electrons. The molecule has 0 aliphatic rings. The molecule has 2 aromatic rings. The molecule has 0 amide bonds. The first-order valence-corrected chi connectivity index (χ1v) is 6.12. The van der Waals surface area contributed by atoms with Gasteiger partial charge >= 0.3 is 0 Å². The summed E-state index contributed by atoms with van der Waals surface area (Å²) in [4.78, 5) is 10.6. The molecule has 0 unspecified atom stereocenters. The molecule has 0 spiro atoms. The van der Waals surface area contributed by atoms with Crippen molar-refractivity contribution in [2.45, 2.75) is 13.3 Å². The fourth-order valence-corrected chi connectivity index (χ4v) is 2.03. The molecule has 0 radical (unpaired) electrons. The topological polar surface area (TPSA) is 75.3 Å². The minimum Gasteiger partial charge on any atom is -0.399 e. The minimum atomic E-state index is 0.112. The zero-order valence-corrected chi connectivity index (χ0v) is 10.5. The number of anilines is 2. The maximum absolute atomic E-state index is 9.14. The van der Waals surface area contributed by atoms with Gasteiger partial charge < -0.3 is 15.7 Å². The number of nitrogens with two attached hydrogens (primary N) is 1. The predicted molar refractivity (Wildman–Crippen MR) is 73.5 cm³/mol. The van der Waals surface area contributed by atoms with Crippen LogP contribution in [0.3, 0.4) is 0 Å². The smallest absolute Gasteiger partial charge is 0.139 e. The van der Waals surface area contributed by atoms with Gasteiger partial charge in [-0.25, -0.2) is 9.97 Å². The summed E-state index contributed by atoms with van der Waals surface area (Å²) >= 11 is 0. The average Bonchev–Trinajstić information content (AvgIpc) is 2.37. The van der Waals surface area contributed by atoms with Crippen LogP contribution < -0.4 is 10.6 Å². The lowest BCUT2D eigenvalue weighted by Gasteiger charge is -2.23. The van der Waals surface area contributed by atoms with E-state index in [1.165, 1.54) is 6.33 Å². The molecule has 2 rings (SSSR count). The summed E-state index contributed by atoms with van der Waals surface area (Å²) < 4.78 is 0. The number of hydrogen-bond donors (Lipinski definition) is 2. The number of aliphatic hydroxyl groups is 1. The van der Waals surface area contributed by atoms with Crippen molar-refractivity contribution in [2.75, 3.05) is 30.3 Å². The summed E-state index contributed by atoms with van der Waals surface area (Å²) in [6, 6.07) is 5.61. The van der Waals surface area contributed by atoms with E-state index in [0.717, 1.165) is 29.7 Å². The molecule has 1 aromatic carbocycles. The Hall–Kier alpha value is -1.88. The molecule has 0 bridgehead atoms. The van der Waals surface area contributed by atoms with Crippen LogP contribution in [0.1, 0.15) is 13.3 Å². The molecule has 1 aromatic heterocycles. The van der Waals surface area contributed by atoms with Crippen LogP contribution in [0.25, 0.3) is 10.9 Å². The van der Waals surface area contributed by atoms with Gasteiger partial charge in [-0.05, 0) is 24.6 Å². The van der Waals surface area contributed by atoms with Gasteiger partial charge in [0.05, 0.1) is 12.1 Å². The standard InChI is InChI=1S/C13H18N4O/c1-2-5-17(6-7-18)13-11-4-3-10(14)8-12(11)15-9-16-13/h3-4,8-9,18H,2,5-7,14H2,1H3. The van der Waals surface area contributed by atoms with E-state index in [1.54, 1.807) is 0 Å². The van der Waals surface area contributed by atoms with Crippen LogP contribution >= 0.6 is 0 Å². The number of aromatic nitrogens is 2. The molecule has 0 atom stereocenters. The molecular weight excluding hydrogens is 228 g/mol. The first kappa shape index (κ1) is 12.6. The summed E-state index contributed by atoms with van der Waals surface area (Å²) in [6.45, 7) is 3.65. The monoisotopic (exact) mass is 246 g/mol. The minimum absolute atomic E-state index is 0.112. The van der Waals surface area contributed by atoms with Crippen molar-refractivity contribution < 1.29 is 5.11 Å². The summed E-state index contributed by atoms with van der Waals surface area (Å²) in [5, 5.41) is 10.1. The van der Waals surface area contributed by atoms with Crippen LogP contribution in [-0.4, -0.2) is 34.8 Å². The zero-order chi connectivity index (χ0) is 13.0. The third kappa shape index (κ3) is 2.51. The fraction of sp³-hybridized carbons (Fsp3) is 0.385. The van der Waals surface area contributed by atoms with Gasteiger partial charge in [-0.3, -0.25) is 0 Å². The summed E-state index contributed by atoms with van der Waals surface area (Å²) in [5.41, 5.74) is 7.28. The normalized spacial score (nSPS) is 10.8. The Morgan fingerprint density at radius 1 is 1.28 bits per heavy atom. The van der Waals surface area contributed by atoms with Gasteiger partial charge in [-0.1, -0.05) is 6.92 Å². The van der Waals surface area contributed by atoms with Crippen molar-refractivity contribution in [3.05, 3.63) is 24.5 Å². The molecule has 0 saturated heterocycles. The number of fused-ring (bicyclic) bond motifs is 1. The highest BCUT2D eigenvalue weighted by Crippen LogP contribution is 2.24. The molecule has 3 N–H and O–H groups in total. The molecule has 0 aliphatic heterocycles. The predicted octanol–water partition coefficient (Wildman–Crippen LogP) is 1.42. The number of rotatable bonds is 5. The van der Waals surface area contributed by atoms with Crippen LogP contribution in [0.5, 0.6) is 0 Å². The Morgan fingerprint density at radius 3 is 2.83 bits per heavy atom. The van der Waals surface area contributed by atoms with Gasteiger partial charge in [-0.15, -0.1) is 0 Å². The van der Waals surface area contributed by atoms with Crippen molar-refractivity contribution >= 4 is 22.4 Å². The summed E-state index contributed by atoms with van der Waals surface area (Å²) in [7, 11) is 0. The lowest BCUT2D eigenvalue weighted by Crippen LogP contribution is -2.28. The number of aliphatic hydroxyl groups excluding tert-OH is 1. The van der Waals surface area contributed by atoms with E-state index in [2.05, 4.69) is 21.8 Å². The first-order valence-electron chi connectivity index (χ1n) is 6.12. The maximum Gasteiger partial charge on any atom is 0.139 e. The molecule has 0 fully saturated rings. The molecule has 5 heteroatoms. The number of hydrogen-bond acceptors (Lipinski definition) is 5. The van der Waals surface area contributed by atoms with Crippen LogP contribution in [0.15, 0.2) is 24.5 Å². The second-order valence-electron chi connectivity index (χ2n) is 4.18. The van der Waals surface area contributed by atoms with E-state index in [1.807, 2.05) is 18.2 Å². The summed E-state index contributed by atoms with van der Waals surface area (Å²) in [5.74, 6) is 0.857. The molecule has 0 saturated carbocycles. The lowest BCUT2D eigenvalue weighted by atomic mass is 10.2. The van der Waals surface area contributed by atoms with E-state index in [-0.39, 0.29) is 6.61 Å². The van der Waals surface area contributed by atoms with Crippen molar-refractivity contribution in [1.82, 2.24) is 9.97 Å². The Bertz CT molecular complexity index is 523. The van der Waals surface area contributed by atoms with Crippen LogP contribution in [0.2, 0.25) is 0 Å². The Morgan fingerprint density at radius 2 is 2.11 bits per heavy atom. The van der Waals surface area contributed by atoms with E-state index >= 15 is 0 Å². The van der Waals surface area contributed by atoms with Gasteiger partial charge in [0.25, 0.3) is 0 Å². The zero-order valence-electron chi connectivity index (χ0n) is 10.5. The number of nitrogens with zero attached hydrogens (tertiary/aromatic N) is 3. The molecule has 5 nitrogen and oxygen atoms in total. The third-order valence-corrected chi connectivity index (χ3v) is 2.80. The first-order chi connectivity index (χ1) is 8.76. The largest absolute Gasteiger partial charge is 0.399 e. The summed E-state index contributed by atoms with van der Waals surface area (Å²) in [6.07, 6.45) is 2.54. The quantitative estimate of drug-likeness (QED) is 0.780. The average molecular weight is 246 g/mol. The van der Waals surface area contributed by atoms with E-state index in [0.29, 0.717) is 12.2 Å². The van der Waals surface area contributed by atoms with Gasteiger partial charge in [0.2, 0.25) is 0 Å². The van der Waals surface area contributed by atoms with Crippen LogP contribution in [0, 0.1) is 0 Å². The Kier molecular flexibility index (Phi) is 3.94. The highest BCUT2D eigenvalue weighted by Gasteiger charge is 2.11. The van der Waals surface area contributed by atoms with Gasteiger partial charge in [0.15, 0.2) is 0 Å². The van der Waals surface area contributed by atoms with Crippen molar-refractivity contribution in [3.63, 3.8) is 0 Å². The number of benzene rings is 1. The van der Waals surface area contributed by atoms with Crippen LogP contribution in [-0.2, 0) is 0 Å². The molecule has 0 aliphatic carbocycles. The Labute approximate surface area is 106 Å². The fourth-order valence-electron chi connectivity index (χ4n) is 2.03. The maximum atomic E-state index is 9.14. The second kappa shape index (κ2) is 5.64. The van der Waals surface area contributed by atoms with E-state index in [4.69, 9.17) is 10.8 Å². The van der Waals surface area contributed by atoms with E-state index in [9.17, 15) is 0 Å². The molecule has 18 heavy (non-hydrogen) atoms. The van der Waals surface area contributed by atoms with Crippen LogP contribution in [0.4, 0.5) is 11.5 Å². The second-order valence-corrected chi connectivity index (χ2v) is 4.18. The lowest BCUT2D eigenvalue weighted by molar-refractivity contribution is 0.301. The van der Waals surface area contributed by atoms with Crippen molar-refractivity contribution in [3.8, 4) is 0 Å². The van der Waals surface area contributed by atoms with E-state index < -0.39 is 0 Å². The van der Waals surface area contributed by atoms with Gasteiger partial charge in [0.1, 0.15) is 12.1 Å². The highest BCUT2D eigenvalue weighted by molar-refractivity contribution is 5.91. The third-order valence-electron chi connectivity index (χ3n) is 2.80. The number of nitrogen functional groups attached to an aromatic ring is 1. The van der Waals surface area contributed by atoms with Crippen molar-refractivity contribution in [1.29, 1.82) is 0 Å².